The molecule has 8 heteroatoms. The number of nitrogens with zero attached hydrogens (tertiary/aromatic N) is 2. The van der Waals surface area contributed by atoms with Gasteiger partial charge in [0.2, 0.25) is 0 Å². The first-order valence-electron chi connectivity index (χ1n) is 9.74. The van der Waals surface area contributed by atoms with Gasteiger partial charge >= 0.3 is 5.91 Å². The molecule has 3 aromatic rings. The maximum absolute atomic E-state index is 13.4. The number of rotatable bonds is 6. The average molecular weight is 434 g/mol. The Balaban J connectivity index is 1.86. The quantitative estimate of drug-likeness (QED) is 0.269. The van der Waals surface area contributed by atoms with E-state index >= 15 is 0 Å². The molecule has 0 aliphatic carbocycles. The molecule has 0 bridgehead atoms. The number of hydrogen-bond donors (Lipinski definition) is 1. The third-order valence-corrected chi connectivity index (χ3v) is 4.99. The van der Waals surface area contributed by atoms with Crippen molar-refractivity contribution in [2.75, 3.05) is 11.5 Å². The van der Waals surface area contributed by atoms with Crippen molar-refractivity contribution < 1.29 is 28.3 Å². The van der Waals surface area contributed by atoms with Crippen LogP contribution in [0.25, 0.3) is 5.76 Å². The van der Waals surface area contributed by atoms with Gasteiger partial charge in [-0.3, -0.25) is 14.5 Å². The van der Waals surface area contributed by atoms with Gasteiger partial charge in [-0.15, -0.1) is 0 Å². The standard InChI is InChI=1S/C24H19FN2O5/c1-3-12-31-18-10-6-15(7-11-18)21-20(22(28)16-4-8-17(25)9-5-16)23(29)24(30)27(21)19-13-14(2)32-26-19/h3-11,13,21,28H,1,12H2,2H3/b22-20+. The van der Waals surface area contributed by atoms with Crippen LogP contribution >= 0.6 is 0 Å². The number of aromatic nitrogens is 1. The van der Waals surface area contributed by atoms with Crippen LogP contribution in [0.3, 0.4) is 0 Å². The van der Waals surface area contributed by atoms with Crippen molar-refractivity contribution in [1.82, 2.24) is 5.16 Å². The van der Waals surface area contributed by atoms with Gasteiger partial charge in [-0.05, 0) is 48.9 Å². The molecule has 0 saturated carbocycles. The van der Waals surface area contributed by atoms with E-state index in [0.29, 0.717) is 23.7 Å². The molecule has 1 amide bonds. The number of aliphatic hydroxyl groups excluding tert-OH is 1. The molecule has 1 aliphatic rings. The Morgan fingerprint density at radius 1 is 1.22 bits per heavy atom. The van der Waals surface area contributed by atoms with Crippen LogP contribution in [0.1, 0.15) is 22.9 Å². The van der Waals surface area contributed by atoms with Gasteiger partial charge < -0.3 is 14.4 Å². The van der Waals surface area contributed by atoms with Crippen molar-refractivity contribution in [3.05, 3.63) is 95.5 Å². The number of aliphatic hydroxyl groups is 1. The summed E-state index contributed by atoms with van der Waals surface area (Å²) in [7, 11) is 0. The van der Waals surface area contributed by atoms with Gasteiger partial charge in [-0.25, -0.2) is 4.39 Å². The predicted molar refractivity (Wildman–Crippen MR) is 115 cm³/mol. The lowest BCUT2D eigenvalue weighted by molar-refractivity contribution is -0.132. The lowest BCUT2D eigenvalue weighted by Crippen LogP contribution is -2.29. The number of anilines is 1. The molecule has 2 aromatic carbocycles. The Bertz CT molecular complexity index is 1210. The number of ketones is 1. The number of halogens is 1. The first-order chi connectivity index (χ1) is 15.4. The zero-order chi connectivity index (χ0) is 22.8. The normalized spacial score (nSPS) is 17.6. The number of Topliss-reactive ketones (excluding diaryl/α,β-unsaturated/α-hetero) is 1. The van der Waals surface area contributed by atoms with Crippen molar-refractivity contribution >= 4 is 23.3 Å². The van der Waals surface area contributed by atoms with E-state index in [-0.39, 0.29) is 17.0 Å². The molecule has 0 radical (unpaired) electrons. The lowest BCUT2D eigenvalue weighted by atomic mass is 9.95. The Morgan fingerprint density at radius 3 is 2.50 bits per heavy atom. The van der Waals surface area contributed by atoms with Gasteiger partial charge in [-0.1, -0.05) is 29.9 Å². The maximum atomic E-state index is 13.4. The molecule has 4 rings (SSSR count). The third kappa shape index (κ3) is 3.78. The van der Waals surface area contributed by atoms with Crippen molar-refractivity contribution in [2.45, 2.75) is 13.0 Å². The summed E-state index contributed by atoms with van der Waals surface area (Å²) in [5, 5.41) is 14.8. The second kappa shape index (κ2) is 8.50. The largest absolute Gasteiger partial charge is 0.507 e. The first-order valence-corrected chi connectivity index (χ1v) is 9.74. The van der Waals surface area contributed by atoms with E-state index in [2.05, 4.69) is 11.7 Å². The van der Waals surface area contributed by atoms with E-state index in [1.54, 1.807) is 37.3 Å². The topological polar surface area (TPSA) is 92.9 Å². The number of aryl methyl sites for hydroxylation is 1. The van der Waals surface area contributed by atoms with E-state index in [0.717, 1.165) is 12.1 Å². The molecule has 1 aliphatic heterocycles. The second-order valence-electron chi connectivity index (χ2n) is 7.14. The van der Waals surface area contributed by atoms with E-state index in [1.165, 1.54) is 23.1 Å². The highest BCUT2D eigenvalue weighted by molar-refractivity contribution is 6.51. The molecule has 1 saturated heterocycles. The number of carbonyl (C=O) groups is 2. The summed E-state index contributed by atoms with van der Waals surface area (Å²) in [6.45, 7) is 5.58. The molecular formula is C24H19FN2O5. The summed E-state index contributed by atoms with van der Waals surface area (Å²) in [6.07, 6.45) is 1.61. The average Bonchev–Trinajstić information content (AvgIpc) is 3.33. The Hall–Kier alpha value is -4.20. The number of hydrogen-bond acceptors (Lipinski definition) is 6. The summed E-state index contributed by atoms with van der Waals surface area (Å²) in [5.74, 6) is -1.49. The predicted octanol–water partition coefficient (Wildman–Crippen LogP) is 4.31. The molecule has 0 spiro atoms. The van der Waals surface area contributed by atoms with Gasteiger partial charge in [0.05, 0.1) is 11.6 Å². The first kappa shape index (κ1) is 21.0. The fraction of sp³-hybridized carbons (Fsp3) is 0.125. The zero-order valence-corrected chi connectivity index (χ0v) is 17.1. The fourth-order valence-corrected chi connectivity index (χ4v) is 3.52. The molecule has 32 heavy (non-hydrogen) atoms. The minimum absolute atomic E-state index is 0.137. The number of benzene rings is 2. The smallest absolute Gasteiger partial charge is 0.301 e. The monoisotopic (exact) mass is 434 g/mol. The fourth-order valence-electron chi connectivity index (χ4n) is 3.52. The van der Waals surface area contributed by atoms with Crippen molar-refractivity contribution in [3.8, 4) is 5.75 Å². The summed E-state index contributed by atoms with van der Waals surface area (Å²) >= 11 is 0. The molecule has 1 atom stereocenters. The highest BCUT2D eigenvalue weighted by atomic mass is 19.1. The second-order valence-corrected chi connectivity index (χ2v) is 7.14. The molecule has 7 nitrogen and oxygen atoms in total. The van der Waals surface area contributed by atoms with Crippen LogP contribution in [-0.4, -0.2) is 28.6 Å². The van der Waals surface area contributed by atoms with E-state index in [4.69, 9.17) is 9.26 Å². The summed E-state index contributed by atoms with van der Waals surface area (Å²) in [5.41, 5.74) is 0.609. The minimum Gasteiger partial charge on any atom is -0.507 e. The van der Waals surface area contributed by atoms with Crippen LogP contribution < -0.4 is 9.64 Å². The van der Waals surface area contributed by atoms with Crippen LogP contribution in [0.5, 0.6) is 5.75 Å². The number of amides is 1. The molecule has 1 fully saturated rings. The van der Waals surface area contributed by atoms with Crippen molar-refractivity contribution in [1.29, 1.82) is 0 Å². The van der Waals surface area contributed by atoms with Crippen molar-refractivity contribution in [2.24, 2.45) is 0 Å². The summed E-state index contributed by atoms with van der Waals surface area (Å²) < 4.78 is 23.9. The van der Waals surface area contributed by atoms with Crippen LogP contribution in [0.4, 0.5) is 10.2 Å². The lowest BCUT2D eigenvalue weighted by Gasteiger charge is -2.23. The van der Waals surface area contributed by atoms with Crippen LogP contribution in [0, 0.1) is 12.7 Å². The number of carbonyl (C=O) groups excluding carboxylic acids is 2. The maximum Gasteiger partial charge on any atom is 0.301 e. The van der Waals surface area contributed by atoms with Gasteiger partial charge in [0, 0.05) is 11.6 Å². The van der Waals surface area contributed by atoms with E-state index < -0.39 is 29.3 Å². The van der Waals surface area contributed by atoms with Crippen LogP contribution in [-0.2, 0) is 9.59 Å². The van der Waals surface area contributed by atoms with Crippen LogP contribution in [0.15, 0.2) is 77.3 Å². The molecule has 1 unspecified atom stereocenters. The van der Waals surface area contributed by atoms with E-state index in [1.807, 2.05) is 0 Å². The summed E-state index contributed by atoms with van der Waals surface area (Å²) in [6, 6.07) is 12.3. The molecule has 1 aromatic heterocycles. The third-order valence-electron chi connectivity index (χ3n) is 4.99. The van der Waals surface area contributed by atoms with Gasteiger partial charge in [0.25, 0.3) is 5.78 Å². The zero-order valence-electron chi connectivity index (χ0n) is 17.1. The SMILES string of the molecule is C=CCOc1ccc(C2/C(=C(\O)c3ccc(F)cc3)C(=O)C(=O)N2c2cc(C)on2)cc1. The van der Waals surface area contributed by atoms with Gasteiger partial charge in [0.15, 0.2) is 5.82 Å². The Labute approximate surface area is 183 Å². The highest BCUT2D eigenvalue weighted by Gasteiger charge is 2.48. The van der Waals surface area contributed by atoms with E-state index in [9.17, 15) is 19.1 Å². The molecular weight excluding hydrogens is 415 g/mol. The highest BCUT2D eigenvalue weighted by Crippen LogP contribution is 2.42. The minimum atomic E-state index is -0.974. The van der Waals surface area contributed by atoms with Gasteiger partial charge in [0.1, 0.15) is 29.7 Å². The molecule has 2 heterocycles. The van der Waals surface area contributed by atoms with Crippen molar-refractivity contribution in [3.63, 3.8) is 0 Å². The molecule has 162 valence electrons. The van der Waals surface area contributed by atoms with Crippen LogP contribution in [0.2, 0.25) is 0 Å². The number of ether oxygens (including phenoxy) is 1. The molecule has 1 N–H and O–H groups in total. The Kier molecular flexibility index (Phi) is 5.59. The summed E-state index contributed by atoms with van der Waals surface area (Å²) in [4.78, 5) is 27.1. The van der Waals surface area contributed by atoms with Gasteiger partial charge in [-0.2, -0.15) is 0 Å². The Morgan fingerprint density at radius 2 is 1.91 bits per heavy atom.